The minimum Gasteiger partial charge on any atom is -0.355 e. The number of para-hydroxylation sites is 1. The second-order valence-corrected chi connectivity index (χ2v) is 5.54. The molecule has 0 fully saturated rings. The summed E-state index contributed by atoms with van der Waals surface area (Å²) in [6.07, 6.45) is 0.949. The number of fused-ring (bicyclic) bond motifs is 1. The van der Waals surface area contributed by atoms with Gasteiger partial charge in [0.05, 0.1) is 23.6 Å². The number of hydrogen-bond acceptors (Lipinski definition) is 3. The van der Waals surface area contributed by atoms with Crippen molar-refractivity contribution in [1.29, 1.82) is 0 Å². The van der Waals surface area contributed by atoms with Crippen LogP contribution in [-0.4, -0.2) is 40.4 Å². The first-order valence-corrected chi connectivity index (χ1v) is 7.45. The monoisotopic (exact) mass is 288 g/mol. The molecule has 0 aliphatic carbocycles. The summed E-state index contributed by atoms with van der Waals surface area (Å²) in [6.45, 7) is 7.36. The van der Waals surface area contributed by atoms with Crippen LogP contribution in [0.4, 0.5) is 0 Å². The number of amides is 1. The molecule has 0 radical (unpaired) electrons. The first-order chi connectivity index (χ1) is 10.0. The van der Waals surface area contributed by atoms with E-state index in [2.05, 4.69) is 28.3 Å². The quantitative estimate of drug-likeness (QED) is 0.857. The predicted octanol–water partition coefficient (Wildman–Crippen LogP) is 2.22. The summed E-state index contributed by atoms with van der Waals surface area (Å²) >= 11 is 0. The highest BCUT2D eigenvalue weighted by atomic mass is 16.2. The average Bonchev–Trinajstić information content (AvgIpc) is 2.87. The molecule has 1 heterocycles. The molecule has 21 heavy (non-hydrogen) atoms. The summed E-state index contributed by atoms with van der Waals surface area (Å²) in [5.41, 5.74) is 3.21. The van der Waals surface area contributed by atoms with Crippen LogP contribution in [-0.2, 0) is 11.3 Å². The molecule has 5 nitrogen and oxygen atoms in total. The lowest BCUT2D eigenvalue weighted by atomic mass is 10.2. The van der Waals surface area contributed by atoms with Gasteiger partial charge in [-0.1, -0.05) is 19.1 Å². The lowest BCUT2D eigenvalue weighted by Crippen LogP contribution is -2.43. The Balaban J connectivity index is 2.05. The Kier molecular flexibility index (Phi) is 4.96. The summed E-state index contributed by atoms with van der Waals surface area (Å²) < 4.78 is 0. The highest BCUT2D eigenvalue weighted by Crippen LogP contribution is 2.16. The Hall–Kier alpha value is -1.88. The topological polar surface area (TPSA) is 61.0 Å². The maximum absolute atomic E-state index is 12.0. The average molecular weight is 288 g/mol. The number of benzene rings is 1. The number of aromatic amines is 1. The Morgan fingerprint density at radius 3 is 2.90 bits per heavy atom. The molecule has 1 atom stereocenters. The van der Waals surface area contributed by atoms with Crippen molar-refractivity contribution in [2.24, 2.45) is 0 Å². The fourth-order valence-corrected chi connectivity index (χ4v) is 2.27. The van der Waals surface area contributed by atoms with Gasteiger partial charge in [0.25, 0.3) is 0 Å². The first kappa shape index (κ1) is 15.5. The van der Waals surface area contributed by atoms with Crippen LogP contribution in [0, 0.1) is 6.92 Å². The number of aromatic nitrogens is 2. The van der Waals surface area contributed by atoms with E-state index in [-0.39, 0.29) is 11.9 Å². The molecule has 114 valence electrons. The fourth-order valence-electron chi connectivity index (χ4n) is 2.27. The fraction of sp³-hybridized carbons (Fsp3) is 0.500. The van der Waals surface area contributed by atoms with Gasteiger partial charge in [-0.3, -0.25) is 9.69 Å². The molecule has 2 rings (SSSR count). The molecule has 0 spiro atoms. The van der Waals surface area contributed by atoms with Crippen LogP contribution in [0.25, 0.3) is 11.0 Å². The smallest absolute Gasteiger partial charge is 0.237 e. The van der Waals surface area contributed by atoms with Gasteiger partial charge in [0.2, 0.25) is 5.91 Å². The van der Waals surface area contributed by atoms with Gasteiger partial charge >= 0.3 is 0 Å². The highest BCUT2D eigenvalue weighted by molar-refractivity contribution is 5.81. The van der Waals surface area contributed by atoms with Crippen LogP contribution in [0.5, 0.6) is 0 Å². The van der Waals surface area contributed by atoms with E-state index in [1.54, 1.807) is 0 Å². The lowest BCUT2D eigenvalue weighted by Gasteiger charge is -2.22. The van der Waals surface area contributed by atoms with Gasteiger partial charge in [-0.2, -0.15) is 0 Å². The van der Waals surface area contributed by atoms with E-state index in [0.717, 1.165) is 35.4 Å². The zero-order valence-corrected chi connectivity index (χ0v) is 13.2. The van der Waals surface area contributed by atoms with Crippen molar-refractivity contribution in [2.45, 2.75) is 39.8 Å². The molecule has 2 aromatic rings. The number of nitrogens with one attached hydrogen (secondary N) is 2. The van der Waals surface area contributed by atoms with Crippen molar-refractivity contribution in [2.75, 3.05) is 13.6 Å². The van der Waals surface area contributed by atoms with Gasteiger partial charge in [0, 0.05) is 6.54 Å². The van der Waals surface area contributed by atoms with Crippen molar-refractivity contribution in [3.8, 4) is 0 Å². The van der Waals surface area contributed by atoms with Crippen molar-refractivity contribution < 1.29 is 4.79 Å². The van der Waals surface area contributed by atoms with E-state index in [0.29, 0.717) is 6.54 Å². The normalized spacial score (nSPS) is 12.8. The maximum atomic E-state index is 12.0. The molecule has 1 aromatic carbocycles. The number of imidazole rings is 1. The van der Waals surface area contributed by atoms with Crippen LogP contribution in [0.2, 0.25) is 0 Å². The molecule has 1 aromatic heterocycles. The van der Waals surface area contributed by atoms with Gasteiger partial charge in [-0.25, -0.2) is 4.98 Å². The minimum atomic E-state index is -0.175. The molecule has 0 aliphatic heterocycles. The molecule has 0 aliphatic rings. The Morgan fingerprint density at radius 2 is 2.24 bits per heavy atom. The number of likely N-dealkylation sites (N-methyl/N-ethyl adjacent to an activating group) is 1. The SMILES string of the molecule is CCCNC(=O)[C@H](C)N(C)Cc1nc2c(C)cccc2[nH]1. The van der Waals surface area contributed by atoms with Crippen molar-refractivity contribution in [1.82, 2.24) is 20.2 Å². The first-order valence-electron chi connectivity index (χ1n) is 7.45. The number of rotatable bonds is 6. The van der Waals surface area contributed by atoms with Crippen LogP contribution >= 0.6 is 0 Å². The van der Waals surface area contributed by atoms with Gasteiger partial charge < -0.3 is 10.3 Å². The third kappa shape index (κ3) is 3.61. The molecule has 5 heteroatoms. The van der Waals surface area contributed by atoms with E-state index in [4.69, 9.17) is 0 Å². The molecule has 1 amide bonds. The van der Waals surface area contributed by atoms with Gasteiger partial charge in [0.1, 0.15) is 5.82 Å². The minimum absolute atomic E-state index is 0.0617. The summed E-state index contributed by atoms with van der Waals surface area (Å²) in [7, 11) is 1.94. The molecule has 0 saturated heterocycles. The number of carbonyl (C=O) groups is 1. The van der Waals surface area contributed by atoms with E-state index in [1.165, 1.54) is 0 Å². The third-order valence-corrected chi connectivity index (χ3v) is 3.75. The number of aryl methyl sites for hydroxylation is 1. The third-order valence-electron chi connectivity index (χ3n) is 3.75. The van der Waals surface area contributed by atoms with Crippen molar-refractivity contribution >= 4 is 16.9 Å². The molecule has 0 unspecified atom stereocenters. The van der Waals surface area contributed by atoms with E-state index in [9.17, 15) is 4.79 Å². The molecular weight excluding hydrogens is 264 g/mol. The second-order valence-electron chi connectivity index (χ2n) is 5.54. The second kappa shape index (κ2) is 6.72. The Labute approximate surface area is 125 Å². The van der Waals surface area contributed by atoms with Crippen molar-refractivity contribution in [3.63, 3.8) is 0 Å². The molecular formula is C16H24N4O. The summed E-state index contributed by atoms with van der Waals surface area (Å²) in [4.78, 5) is 21.9. The van der Waals surface area contributed by atoms with E-state index in [1.807, 2.05) is 37.9 Å². The predicted molar refractivity (Wildman–Crippen MR) is 85.1 cm³/mol. The lowest BCUT2D eigenvalue weighted by molar-refractivity contribution is -0.125. The number of hydrogen-bond donors (Lipinski definition) is 2. The molecule has 0 bridgehead atoms. The van der Waals surface area contributed by atoms with Gasteiger partial charge in [0.15, 0.2) is 0 Å². The highest BCUT2D eigenvalue weighted by Gasteiger charge is 2.18. The van der Waals surface area contributed by atoms with Crippen LogP contribution in [0.15, 0.2) is 18.2 Å². The number of nitrogens with zero attached hydrogens (tertiary/aromatic N) is 2. The van der Waals surface area contributed by atoms with Crippen molar-refractivity contribution in [3.05, 3.63) is 29.6 Å². The van der Waals surface area contributed by atoms with Gasteiger partial charge in [-0.15, -0.1) is 0 Å². The summed E-state index contributed by atoms with van der Waals surface area (Å²) in [6, 6.07) is 5.92. The largest absolute Gasteiger partial charge is 0.355 e. The summed E-state index contributed by atoms with van der Waals surface area (Å²) in [5.74, 6) is 0.948. The van der Waals surface area contributed by atoms with Crippen LogP contribution < -0.4 is 5.32 Å². The number of H-pyrrole nitrogens is 1. The van der Waals surface area contributed by atoms with Gasteiger partial charge in [-0.05, 0) is 38.9 Å². The molecule has 2 N–H and O–H groups in total. The Bertz CT molecular complexity index is 620. The molecule has 0 saturated carbocycles. The van der Waals surface area contributed by atoms with Crippen LogP contribution in [0.3, 0.4) is 0 Å². The maximum Gasteiger partial charge on any atom is 0.237 e. The van der Waals surface area contributed by atoms with E-state index >= 15 is 0 Å². The zero-order valence-electron chi connectivity index (χ0n) is 13.2. The van der Waals surface area contributed by atoms with E-state index < -0.39 is 0 Å². The zero-order chi connectivity index (χ0) is 15.4. The Morgan fingerprint density at radius 1 is 1.48 bits per heavy atom. The van der Waals surface area contributed by atoms with Crippen LogP contribution in [0.1, 0.15) is 31.7 Å². The standard InChI is InChI=1S/C16H24N4O/c1-5-9-17-16(21)12(3)20(4)10-14-18-13-8-6-7-11(2)15(13)19-14/h6-8,12H,5,9-10H2,1-4H3,(H,17,21)(H,18,19)/t12-/m0/s1. The summed E-state index contributed by atoms with van der Waals surface area (Å²) in [5, 5.41) is 2.92. The number of carbonyl (C=O) groups excluding carboxylic acids is 1.